The van der Waals surface area contributed by atoms with Crippen LogP contribution in [0.5, 0.6) is 0 Å². The lowest BCUT2D eigenvalue weighted by molar-refractivity contribution is 0.0492. The fourth-order valence-electron chi connectivity index (χ4n) is 3.41. The van der Waals surface area contributed by atoms with Gasteiger partial charge >= 0.3 is 12.1 Å². The summed E-state index contributed by atoms with van der Waals surface area (Å²) in [4.78, 5) is 26.2. The smallest absolute Gasteiger partial charge is 0.328 e. The second kappa shape index (κ2) is 7.84. The molecule has 148 valence electrons. The Balaban J connectivity index is 1.63. The van der Waals surface area contributed by atoms with Gasteiger partial charge in [-0.05, 0) is 44.7 Å². The molecule has 0 aromatic heterocycles. The van der Waals surface area contributed by atoms with E-state index in [2.05, 4.69) is 16.0 Å². The Kier molecular flexibility index (Phi) is 5.69. The second-order valence-electron chi connectivity index (χ2n) is 7.62. The maximum Gasteiger partial charge on any atom is 0.328 e. The van der Waals surface area contributed by atoms with Crippen molar-refractivity contribution < 1.29 is 19.4 Å². The van der Waals surface area contributed by atoms with E-state index in [1.54, 1.807) is 13.8 Å². The van der Waals surface area contributed by atoms with Gasteiger partial charge in [-0.25, -0.2) is 14.5 Å². The number of carbonyl (C=O) groups excluding carboxylic acids is 2. The largest absolute Gasteiger partial charge is 0.386 e. The molecule has 1 aromatic carbocycles. The van der Waals surface area contributed by atoms with Gasteiger partial charge in [0, 0.05) is 25.3 Å². The summed E-state index contributed by atoms with van der Waals surface area (Å²) in [5.41, 5.74) is 0.814. The van der Waals surface area contributed by atoms with Gasteiger partial charge in [0.1, 0.15) is 0 Å². The third kappa shape index (κ3) is 4.58. The second-order valence-corrected chi connectivity index (χ2v) is 7.62. The van der Waals surface area contributed by atoms with Crippen LogP contribution >= 0.6 is 0 Å². The van der Waals surface area contributed by atoms with Gasteiger partial charge in [0.2, 0.25) is 0 Å². The van der Waals surface area contributed by atoms with E-state index in [-0.39, 0.29) is 12.1 Å². The van der Waals surface area contributed by atoms with Crippen LogP contribution in [0, 0.1) is 0 Å². The van der Waals surface area contributed by atoms with Crippen LogP contribution in [0.4, 0.5) is 9.59 Å². The van der Waals surface area contributed by atoms with Gasteiger partial charge < -0.3 is 20.5 Å². The van der Waals surface area contributed by atoms with Crippen molar-refractivity contribution in [2.75, 3.05) is 13.2 Å². The molecule has 3 rings (SSSR count). The van der Waals surface area contributed by atoms with Crippen LogP contribution in [0.3, 0.4) is 0 Å². The number of urea groups is 2. The summed E-state index contributed by atoms with van der Waals surface area (Å²) in [5.74, 6) is 0. The molecule has 0 spiro atoms. The average Bonchev–Trinajstić information content (AvgIpc) is 2.61. The zero-order chi connectivity index (χ0) is 19.6. The highest BCUT2D eigenvalue weighted by Gasteiger charge is 2.37. The molecule has 1 atom stereocenters. The van der Waals surface area contributed by atoms with Gasteiger partial charge in [0.25, 0.3) is 0 Å². The van der Waals surface area contributed by atoms with Crippen molar-refractivity contribution in [3.63, 3.8) is 0 Å². The fraction of sp³-hybridized carbons (Fsp3) is 0.579. The molecule has 8 nitrogen and oxygen atoms in total. The molecule has 0 aliphatic carbocycles. The van der Waals surface area contributed by atoms with Crippen molar-refractivity contribution in [2.45, 2.75) is 57.6 Å². The topological polar surface area (TPSA) is 103 Å². The molecule has 1 aromatic rings. The summed E-state index contributed by atoms with van der Waals surface area (Å²) in [6.07, 6.45) is 0.639. The molecule has 4 amide bonds. The van der Waals surface area contributed by atoms with Crippen molar-refractivity contribution in [1.29, 1.82) is 0 Å². The van der Waals surface area contributed by atoms with Gasteiger partial charge in [-0.15, -0.1) is 0 Å². The molecular formula is C19H28N4O4. The van der Waals surface area contributed by atoms with Gasteiger partial charge in [-0.2, -0.15) is 0 Å². The van der Waals surface area contributed by atoms with E-state index in [1.807, 2.05) is 31.2 Å². The predicted octanol–water partition coefficient (Wildman–Crippen LogP) is 1.76. The van der Waals surface area contributed by atoms with Gasteiger partial charge in [-0.3, -0.25) is 5.32 Å². The molecule has 2 aliphatic rings. The summed E-state index contributed by atoms with van der Waals surface area (Å²) in [5, 5.41) is 19.0. The summed E-state index contributed by atoms with van der Waals surface area (Å²) < 4.78 is 5.30. The summed E-state index contributed by atoms with van der Waals surface area (Å²) >= 11 is 0. The standard InChI is InChI=1S/C19H28N4O4/c1-12(13-5-4-6-14(11-13)19(2,3)26)20-16-21-17(24)23(18(25)22-16)15-7-9-27-10-8-15/h4-6,11-12,15-16,20,26H,7-10H2,1-3H3,(H,21,24)(H,22,25)/t12-/m0/s1. The summed E-state index contributed by atoms with van der Waals surface area (Å²) in [7, 11) is 0. The number of hydrogen-bond acceptors (Lipinski definition) is 5. The SMILES string of the molecule is C[C@H](NC1NC(=O)N(C2CCOCC2)C(=O)N1)c1cccc(C(C)(C)O)c1. The number of aliphatic hydroxyl groups is 1. The Hall–Kier alpha value is -2.16. The zero-order valence-corrected chi connectivity index (χ0v) is 16.0. The molecule has 27 heavy (non-hydrogen) atoms. The highest BCUT2D eigenvalue weighted by atomic mass is 16.5. The number of amides is 4. The number of nitrogens with one attached hydrogen (secondary N) is 3. The summed E-state index contributed by atoms with van der Waals surface area (Å²) in [6, 6.07) is 6.51. The van der Waals surface area contributed by atoms with Crippen LogP contribution in [0.15, 0.2) is 24.3 Å². The first-order chi connectivity index (χ1) is 12.8. The molecule has 2 fully saturated rings. The number of imide groups is 1. The maximum atomic E-state index is 12.5. The van der Waals surface area contributed by atoms with E-state index >= 15 is 0 Å². The molecule has 0 saturated carbocycles. The minimum atomic E-state index is -0.937. The van der Waals surface area contributed by atoms with E-state index < -0.39 is 24.0 Å². The van der Waals surface area contributed by atoms with Crippen LogP contribution in [-0.4, -0.2) is 47.6 Å². The Morgan fingerprint density at radius 3 is 2.44 bits per heavy atom. The Morgan fingerprint density at radius 1 is 1.22 bits per heavy atom. The third-order valence-corrected chi connectivity index (χ3v) is 5.04. The van der Waals surface area contributed by atoms with E-state index in [9.17, 15) is 14.7 Å². The number of benzene rings is 1. The van der Waals surface area contributed by atoms with Crippen LogP contribution in [-0.2, 0) is 10.3 Å². The molecule has 2 heterocycles. The van der Waals surface area contributed by atoms with Crippen LogP contribution in [0.25, 0.3) is 0 Å². The van der Waals surface area contributed by atoms with E-state index in [4.69, 9.17) is 4.74 Å². The van der Waals surface area contributed by atoms with Gasteiger partial charge in [0.05, 0.1) is 5.60 Å². The van der Waals surface area contributed by atoms with Crippen molar-refractivity contribution in [1.82, 2.24) is 20.9 Å². The lowest BCUT2D eigenvalue weighted by atomic mass is 9.95. The molecule has 2 saturated heterocycles. The highest BCUT2D eigenvalue weighted by Crippen LogP contribution is 2.23. The minimum Gasteiger partial charge on any atom is -0.386 e. The van der Waals surface area contributed by atoms with Crippen molar-refractivity contribution in [3.8, 4) is 0 Å². The predicted molar refractivity (Wildman–Crippen MR) is 99.8 cm³/mol. The molecular weight excluding hydrogens is 348 g/mol. The fourth-order valence-corrected chi connectivity index (χ4v) is 3.41. The first-order valence-electron chi connectivity index (χ1n) is 9.32. The number of ether oxygens (including phenoxy) is 1. The van der Waals surface area contributed by atoms with Crippen LogP contribution in [0.2, 0.25) is 0 Å². The normalized spacial score (nSPS) is 21.0. The first-order valence-corrected chi connectivity index (χ1v) is 9.32. The monoisotopic (exact) mass is 376 g/mol. The Morgan fingerprint density at radius 2 is 1.85 bits per heavy atom. The molecule has 2 aliphatic heterocycles. The Labute approximate surface area is 159 Å². The first kappa shape index (κ1) is 19.6. The molecule has 8 heteroatoms. The van der Waals surface area contributed by atoms with Crippen molar-refractivity contribution in [3.05, 3.63) is 35.4 Å². The summed E-state index contributed by atoms with van der Waals surface area (Å²) in [6.45, 7) is 6.51. The molecule has 0 radical (unpaired) electrons. The molecule has 0 bridgehead atoms. The number of nitrogens with zero attached hydrogens (tertiary/aromatic N) is 1. The third-order valence-electron chi connectivity index (χ3n) is 5.04. The lowest BCUT2D eigenvalue weighted by Crippen LogP contribution is -2.70. The zero-order valence-electron chi connectivity index (χ0n) is 16.0. The van der Waals surface area contributed by atoms with Gasteiger partial charge in [0.15, 0.2) is 6.29 Å². The number of hydrogen-bond donors (Lipinski definition) is 4. The molecule has 4 N–H and O–H groups in total. The van der Waals surface area contributed by atoms with E-state index in [0.29, 0.717) is 26.1 Å². The van der Waals surface area contributed by atoms with Gasteiger partial charge in [-0.1, -0.05) is 24.3 Å². The van der Waals surface area contributed by atoms with E-state index in [0.717, 1.165) is 11.1 Å². The van der Waals surface area contributed by atoms with Crippen molar-refractivity contribution >= 4 is 12.1 Å². The van der Waals surface area contributed by atoms with Crippen LogP contribution in [0.1, 0.15) is 50.8 Å². The quantitative estimate of drug-likeness (QED) is 0.627. The number of carbonyl (C=O) groups is 2. The average molecular weight is 376 g/mol. The van der Waals surface area contributed by atoms with Crippen LogP contribution < -0.4 is 16.0 Å². The van der Waals surface area contributed by atoms with Crippen molar-refractivity contribution in [2.24, 2.45) is 0 Å². The minimum absolute atomic E-state index is 0.138. The van der Waals surface area contributed by atoms with E-state index in [1.165, 1.54) is 4.90 Å². The lowest BCUT2D eigenvalue weighted by Gasteiger charge is -2.39. The number of rotatable bonds is 5. The molecule has 0 unspecified atom stereocenters. The maximum absolute atomic E-state index is 12.5. The highest BCUT2D eigenvalue weighted by molar-refractivity contribution is 5.96. The Bertz CT molecular complexity index is 679.